The minimum Gasteiger partial charge on any atom is -0.395 e. The Morgan fingerprint density at radius 3 is 1.15 bits per heavy atom. The molecule has 124 heavy (non-hydrogen) atoms. The molecule has 1 saturated heterocycles. The predicted molar refractivity (Wildman–Crippen MR) is 468 cm³/mol. The van der Waals surface area contributed by atoms with E-state index in [4.69, 9.17) is 4.74 Å². The van der Waals surface area contributed by atoms with Gasteiger partial charge in [0, 0.05) is 77.1 Å². The summed E-state index contributed by atoms with van der Waals surface area (Å²) < 4.78 is 6.42. The van der Waals surface area contributed by atoms with E-state index in [-0.39, 0.29) is 88.2 Å². The van der Waals surface area contributed by atoms with E-state index in [1.165, 1.54) is 13.8 Å². The number of carbonyl (C=O) groups excluding carboxylic acids is 15. The van der Waals surface area contributed by atoms with Crippen molar-refractivity contribution in [2.75, 3.05) is 19.7 Å². The maximum absolute atomic E-state index is 15.1. The molecule has 6 aromatic rings. The lowest BCUT2D eigenvalue weighted by molar-refractivity contribution is -0.138. The van der Waals surface area contributed by atoms with E-state index in [1.807, 2.05) is 100 Å². The average molecular weight is 1720 g/mol. The lowest BCUT2D eigenvalue weighted by Crippen LogP contribution is -2.62. The lowest BCUT2D eigenvalue weighted by Gasteiger charge is -2.31. The summed E-state index contributed by atoms with van der Waals surface area (Å²) in [6, 6.07) is 6.95. The first-order valence-electron chi connectivity index (χ1n) is 43.0. The number of para-hydroxylation sites is 3. The number of rotatable bonds is 48. The van der Waals surface area contributed by atoms with Crippen LogP contribution in [0.3, 0.4) is 0 Å². The number of nitrogens with one attached hydrogen (secondary N) is 18. The van der Waals surface area contributed by atoms with Gasteiger partial charge in [-0.25, -0.2) is 0 Å². The Bertz CT molecular complexity index is 4680. The number of aromatic amines is 3. The molecule has 0 spiro atoms. The average Bonchev–Trinajstić information content (AvgIpc) is 1.67. The van der Waals surface area contributed by atoms with Crippen molar-refractivity contribution >= 4 is 122 Å². The van der Waals surface area contributed by atoms with Crippen molar-refractivity contribution in [1.29, 1.82) is 0 Å². The summed E-state index contributed by atoms with van der Waals surface area (Å²) >= 11 is 0. The molecule has 0 bridgehead atoms. The van der Waals surface area contributed by atoms with Crippen LogP contribution in [0.4, 0.5) is 0 Å². The highest BCUT2D eigenvalue weighted by Crippen LogP contribution is 2.27. The van der Waals surface area contributed by atoms with Crippen LogP contribution in [-0.4, -0.2) is 220 Å². The molecule has 35 heteroatoms. The predicted octanol–water partition coefficient (Wildman–Crippen LogP) is 2.68. The second kappa shape index (κ2) is 47.2. The van der Waals surface area contributed by atoms with Gasteiger partial charge >= 0.3 is 0 Å². The minimum absolute atomic E-state index is 0.0176. The lowest BCUT2D eigenvalue weighted by atomic mass is 9.97. The molecule has 0 unspecified atom stereocenters. The van der Waals surface area contributed by atoms with Gasteiger partial charge < -0.3 is 105 Å². The Morgan fingerprint density at radius 1 is 0.379 bits per heavy atom. The zero-order valence-corrected chi connectivity index (χ0v) is 74.2. The number of ether oxygens (including phenoxy) is 1. The van der Waals surface area contributed by atoms with E-state index in [1.54, 1.807) is 94.8 Å². The third-order valence-corrected chi connectivity index (χ3v) is 21.8. The zero-order chi connectivity index (χ0) is 91.5. The molecule has 678 valence electrons. The number of fused-ring (bicyclic) bond motifs is 3. The van der Waals surface area contributed by atoms with E-state index in [0.717, 1.165) is 38.3 Å². The second-order valence-electron chi connectivity index (χ2n) is 34.9. The van der Waals surface area contributed by atoms with Gasteiger partial charge in [0.15, 0.2) is 0 Å². The van der Waals surface area contributed by atoms with Crippen molar-refractivity contribution < 1.29 is 81.8 Å². The number of hydrogen-bond donors (Lipinski definition) is 19. The molecule has 15 atom stereocenters. The third-order valence-electron chi connectivity index (χ3n) is 21.8. The van der Waals surface area contributed by atoms with Crippen LogP contribution >= 0.6 is 0 Å². The summed E-state index contributed by atoms with van der Waals surface area (Å²) in [5, 5.41) is 52.9. The fraction of sp³-hybridized carbons (Fsp3) is 0.562. The Labute approximate surface area is 724 Å². The highest BCUT2D eigenvalue weighted by molar-refractivity contribution is 6.01. The van der Waals surface area contributed by atoms with Crippen LogP contribution in [-0.2, 0) is 95.9 Å². The third kappa shape index (κ3) is 28.9. The molecule has 1 aliphatic heterocycles. The monoisotopic (exact) mass is 1720 g/mol. The normalized spacial score (nSPS) is 16.6. The van der Waals surface area contributed by atoms with E-state index in [0.29, 0.717) is 17.5 Å². The summed E-state index contributed by atoms with van der Waals surface area (Å²) in [7, 11) is 0. The maximum atomic E-state index is 15.1. The Kier molecular flexibility index (Phi) is 37.8. The van der Waals surface area contributed by atoms with Crippen LogP contribution in [0.15, 0.2) is 91.4 Å². The second-order valence-corrected chi connectivity index (χ2v) is 34.9. The number of aromatic nitrogens is 3. The Balaban J connectivity index is 1.00. The smallest absolute Gasteiger partial charge is 0.249 e. The van der Waals surface area contributed by atoms with Crippen LogP contribution in [0, 0.1) is 41.4 Å². The molecule has 7 rings (SSSR count). The number of carbonyl (C=O) groups is 15. The number of amides is 15. The SMILES string of the molecule is CC(C)C[C@@H](NC(=O)[C@H](C)NC(=O)CNC(=O)[C@@H](NC=O)C(C)C)C(=O)N[C@@H](C)C(=O)N[C@@H](C(=O)N[C@H](C(=O)N[C@@H](C(=O)N[C@@H](Cc1c[nH]c2ccccc12)C(=O)N[C@H](CC(C)C)C(=O)N[C@@H](C)[C@@H]1CC[C@H](C(=O)N[C@@H](Cc2c[nH]c3ccccc23)C(=O)N[C@H](CC(C)C)C(=O)N[C@@H](Cc2c[nH]c3ccccc23)C(=O)NCCO)O1)C(C)C)C(C)C)C(C)C. The van der Waals surface area contributed by atoms with E-state index < -0.39 is 198 Å². The number of hydrogen-bond acceptors (Lipinski definition) is 17. The highest BCUT2D eigenvalue weighted by Gasteiger charge is 2.41. The molecule has 19 N–H and O–H groups in total. The molecule has 3 aromatic carbocycles. The molecule has 35 nitrogen and oxygen atoms in total. The first-order chi connectivity index (χ1) is 58.7. The molecule has 0 aliphatic carbocycles. The number of H-pyrrole nitrogens is 3. The molecular weight excluding hydrogens is 1590 g/mol. The molecule has 15 amide bonds. The minimum atomic E-state index is -1.37. The fourth-order valence-corrected chi connectivity index (χ4v) is 14.9. The Morgan fingerprint density at radius 2 is 0.726 bits per heavy atom. The maximum Gasteiger partial charge on any atom is 0.249 e. The summed E-state index contributed by atoms with van der Waals surface area (Å²) in [5.41, 5.74) is 4.44. The molecule has 1 aliphatic rings. The number of benzene rings is 3. The topological polar surface area (TPSA) is 513 Å². The van der Waals surface area contributed by atoms with Crippen molar-refractivity contribution in [2.24, 2.45) is 41.4 Å². The van der Waals surface area contributed by atoms with Gasteiger partial charge in [0.2, 0.25) is 89.1 Å². The van der Waals surface area contributed by atoms with E-state index in [9.17, 15) is 72.2 Å². The van der Waals surface area contributed by atoms with Gasteiger partial charge in [-0.1, -0.05) is 152 Å². The van der Waals surface area contributed by atoms with Crippen LogP contribution in [0.5, 0.6) is 0 Å². The molecule has 0 radical (unpaired) electrons. The molecular formula is C89H130N18O17. The van der Waals surface area contributed by atoms with E-state index in [2.05, 4.69) is 94.7 Å². The largest absolute Gasteiger partial charge is 0.395 e. The van der Waals surface area contributed by atoms with Crippen LogP contribution in [0.2, 0.25) is 0 Å². The van der Waals surface area contributed by atoms with Gasteiger partial charge in [-0.2, -0.15) is 0 Å². The van der Waals surface area contributed by atoms with Crippen molar-refractivity contribution in [3.05, 3.63) is 108 Å². The van der Waals surface area contributed by atoms with Gasteiger partial charge in [0.05, 0.1) is 25.3 Å². The number of aliphatic hydroxyl groups excluding tert-OH is 1. The van der Waals surface area contributed by atoms with Crippen LogP contribution in [0.25, 0.3) is 32.7 Å². The summed E-state index contributed by atoms with van der Waals surface area (Å²) in [5.74, 6) is -12.4. The molecule has 0 saturated carbocycles. The fourth-order valence-electron chi connectivity index (χ4n) is 14.9. The van der Waals surface area contributed by atoms with Crippen molar-refractivity contribution in [3.8, 4) is 0 Å². The van der Waals surface area contributed by atoms with Crippen molar-refractivity contribution in [2.45, 2.75) is 260 Å². The van der Waals surface area contributed by atoms with Crippen molar-refractivity contribution in [3.63, 3.8) is 0 Å². The molecule has 3 aromatic heterocycles. The number of aliphatic hydroxyl groups is 1. The van der Waals surface area contributed by atoms with Crippen molar-refractivity contribution in [1.82, 2.24) is 94.7 Å². The zero-order valence-electron chi connectivity index (χ0n) is 74.2. The van der Waals surface area contributed by atoms with E-state index >= 15 is 4.79 Å². The first kappa shape index (κ1) is 99.4. The van der Waals surface area contributed by atoms with Gasteiger partial charge in [0.1, 0.15) is 78.6 Å². The van der Waals surface area contributed by atoms with Gasteiger partial charge in [-0.05, 0) is 129 Å². The molecule has 1 fully saturated rings. The standard InChI is InChI=1S/C89H130N18O17/c1-45(2)34-64(99-77(111)53(16)96-72(110)43-94-86(120)73(48(7)8)95-44-109)81(115)98-54(17)78(112)105-75(50(11)12)88(122)107-76(51(13)14)89(123)106-74(49(9)10)87(121)104-69(39-57-42-93-63-29-23-20-26-60(57)63)84(118)100-65(35-46(3)4)80(114)97-52(15)70-30-31-71(124-70)85(119)103-68(38-56-41-92-62-28-22-19-25-59(56)62)83(117)101-66(36-47(5)6)82(116)102-67(79(113)90-32-33-108)37-55-40-91-61-27-21-18-24-58(55)61/h18-29,40-42,44-54,64-71,73-76,91-93,108H,30-39,43H2,1-17H3,(H,90,113)(H,94,120)(H,95,109)(H,96,110)(H,97,114)(H,98,115)(H,99,111)(H,100,118)(H,101,117)(H,102,116)(H,103,119)(H,104,121)(H,105,112)(H,106,123)(H,107,122)/t52-,53-,54-,64+,65+,66+,67-,68-,69-,70-,71+,73-,74+,75+,76-/m0/s1. The van der Waals surface area contributed by atoms with Crippen LogP contribution in [0.1, 0.15) is 166 Å². The first-order valence-corrected chi connectivity index (χ1v) is 43.0. The molecule has 4 heterocycles. The van der Waals surface area contributed by atoms with Gasteiger partial charge in [-0.15, -0.1) is 0 Å². The summed E-state index contributed by atoms with van der Waals surface area (Å²) in [4.78, 5) is 219. The highest BCUT2D eigenvalue weighted by atomic mass is 16.5. The summed E-state index contributed by atoms with van der Waals surface area (Å²) in [6.45, 7) is 28.1. The van der Waals surface area contributed by atoms with Gasteiger partial charge in [0.25, 0.3) is 0 Å². The summed E-state index contributed by atoms with van der Waals surface area (Å²) in [6.07, 6.45) is 4.57. The quantitative estimate of drug-likeness (QED) is 0.0244. The Hall–Kier alpha value is -11.8. The van der Waals surface area contributed by atoms with Gasteiger partial charge in [-0.3, -0.25) is 71.9 Å². The van der Waals surface area contributed by atoms with Crippen LogP contribution < -0.4 is 79.8 Å².